The zero-order valence-corrected chi connectivity index (χ0v) is 19.7. The first-order valence-electron chi connectivity index (χ1n) is 11.6. The van der Waals surface area contributed by atoms with Gasteiger partial charge in [-0.05, 0) is 56.2 Å². The number of piperidine rings is 1. The van der Waals surface area contributed by atoms with Crippen molar-refractivity contribution in [3.8, 4) is 0 Å². The topological polar surface area (TPSA) is 48.7 Å². The van der Waals surface area contributed by atoms with Crippen molar-refractivity contribution < 1.29 is 0 Å². The smallest absolute Gasteiger partial charge is 0.193 e. The normalized spacial score (nSPS) is 24.6. The monoisotopic (exact) mass is 442 g/mol. The minimum Gasteiger partial charge on any atom is -0.371 e. The lowest BCUT2D eigenvalue weighted by Gasteiger charge is -2.39. The van der Waals surface area contributed by atoms with Gasteiger partial charge in [0.05, 0.1) is 12.4 Å². The Morgan fingerprint density at radius 2 is 2.13 bits per heavy atom. The van der Waals surface area contributed by atoms with Gasteiger partial charge in [-0.15, -0.1) is 0 Å². The predicted octanol–water partition coefficient (Wildman–Crippen LogP) is 4.22. The summed E-state index contributed by atoms with van der Waals surface area (Å²) in [5.74, 6) is 2.26. The summed E-state index contributed by atoms with van der Waals surface area (Å²) in [4.78, 5) is 14.2. The number of nitrogens with one attached hydrogen (secondary N) is 1. The molecule has 6 nitrogen and oxygen atoms in total. The number of halogens is 1. The van der Waals surface area contributed by atoms with Crippen molar-refractivity contribution in [1.29, 1.82) is 0 Å². The molecule has 3 heterocycles. The van der Waals surface area contributed by atoms with E-state index in [1.807, 2.05) is 18.6 Å². The molecule has 0 aliphatic carbocycles. The summed E-state index contributed by atoms with van der Waals surface area (Å²) in [5, 5.41) is 4.35. The number of likely N-dealkylation sites (tertiary alicyclic amines) is 1. The van der Waals surface area contributed by atoms with E-state index in [1.165, 1.54) is 24.1 Å². The van der Waals surface area contributed by atoms with Crippen molar-refractivity contribution >= 4 is 23.2 Å². The molecule has 7 heteroatoms. The Morgan fingerprint density at radius 3 is 2.90 bits per heavy atom. The van der Waals surface area contributed by atoms with Gasteiger partial charge in [-0.3, -0.25) is 4.99 Å². The van der Waals surface area contributed by atoms with Gasteiger partial charge < -0.3 is 19.7 Å². The fraction of sp³-hybridized carbons (Fsp3) is 0.583. The Bertz CT molecular complexity index is 880. The molecule has 0 radical (unpaired) electrons. The van der Waals surface area contributed by atoms with Gasteiger partial charge in [-0.1, -0.05) is 24.6 Å². The number of rotatable bonds is 5. The maximum atomic E-state index is 6.25. The van der Waals surface area contributed by atoms with E-state index in [0.717, 1.165) is 50.3 Å². The number of aromatic nitrogens is 2. The molecule has 31 heavy (non-hydrogen) atoms. The molecule has 4 rings (SSSR count). The summed E-state index contributed by atoms with van der Waals surface area (Å²) in [6.45, 7) is 12.5. The van der Waals surface area contributed by atoms with Gasteiger partial charge in [0.1, 0.15) is 0 Å². The molecule has 3 unspecified atom stereocenters. The third-order valence-electron chi connectivity index (χ3n) is 6.76. The fourth-order valence-electron chi connectivity index (χ4n) is 4.86. The molecule has 1 aromatic carbocycles. The van der Waals surface area contributed by atoms with Crippen molar-refractivity contribution in [3.63, 3.8) is 0 Å². The number of imidazole rings is 1. The van der Waals surface area contributed by atoms with Gasteiger partial charge in [-0.2, -0.15) is 0 Å². The highest BCUT2D eigenvalue weighted by Crippen LogP contribution is 2.30. The van der Waals surface area contributed by atoms with Crippen LogP contribution in [0.2, 0.25) is 5.02 Å². The largest absolute Gasteiger partial charge is 0.371 e. The SMILES string of the molecule is CCNC(=NCC1CCN(c2cc(Cl)ccc2C)C1)N1CCC(C)C(n2ccnc2)C1. The second kappa shape index (κ2) is 9.94. The maximum Gasteiger partial charge on any atom is 0.193 e. The lowest BCUT2D eigenvalue weighted by Crippen LogP contribution is -2.49. The molecular weight excluding hydrogens is 408 g/mol. The number of guanidine groups is 1. The standard InChI is InChI=1S/C24H35ClN6/c1-4-27-24(30-10-7-19(3)23(16-30)31-12-9-26-17-31)28-14-20-8-11-29(15-20)22-13-21(25)6-5-18(22)2/h5-6,9,12-13,17,19-20,23H,4,7-8,10-11,14-16H2,1-3H3,(H,27,28). The van der Waals surface area contributed by atoms with E-state index in [2.05, 4.69) is 63.8 Å². The summed E-state index contributed by atoms with van der Waals surface area (Å²) in [5.41, 5.74) is 2.55. The molecule has 3 atom stereocenters. The predicted molar refractivity (Wildman–Crippen MR) is 129 cm³/mol. The van der Waals surface area contributed by atoms with E-state index < -0.39 is 0 Å². The molecule has 0 amide bonds. The highest BCUT2D eigenvalue weighted by Gasteiger charge is 2.29. The average Bonchev–Trinajstić information content (AvgIpc) is 3.46. The quantitative estimate of drug-likeness (QED) is 0.556. The van der Waals surface area contributed by atoms with Crippen LogP contribution in [-0.4, -0.2) is 59.7 Å². The summed E-state index contributed by atoms with van der Waals surface area (Å²) >= 11 is 6.25. The molecule has 2 aliphatic rings. The van der Waals surface area contributed by atoms with Crippen molar-refractivity contribution in [2.45, 2.75) is 39.7 Å². The van der Waals surface area contributed by atoms with Crippen LogP contribution < -0.4 is 10.2 Å². The van der Waals surface area contributed by atoms with E-state index in [1.54, 1.807) is 0 Å². The number of anilines is 1. The number of aryl methyl sites for hydroxylation is 1. The van der Waals surface area contributed by atoms with E-state index >= 15 is 0 Å². The van der Waals surface area contributed by atoms with Gasteiger partial charge in [-0.25, -0.2) is 4.98 Å². The molecule has 0 bridgehead atoms. The van der Waals surface area contributed by atoms with Crippen LogP contribution in [0.1, 0.15) is 38.3 Å². The van der Waals surface area contributed by atoms with Crippen molar-refractivity contribution in [3.05, 3.63) is 47.5 Å². The number of aliphatic imine (C=N–C) groups is 1. The molecule has 0 spiro atoms. The maximum absolute atomic E-state index is 6.25. The van der Waals surface area contributed by atoms with Crippen molar-refractivity contribution in [2.75, 3.05) is 44.2 Å². The van der Waals surface area contributed by atoms with Crippen LogP contribution in [0.5, 0.6) is 0 Å². The third kappa shape index (κ3) is 5.17. The van der Waals surface area contributed by atoms with Gasteiger partial charge in [0.15, 0.2) is 5.96 Å². The second-order valence-electron chi connectivity index (χ2n) is 9.02. The van der Waals surface area contributed by atoms with Crippen LogP contribution in [0.4, 0.5) is 5.69 Å². The fourth-order valence-corrected chi connectivity index (χ4v) is 5.03. The summed E-state index contributed by atoms with van der Waals surface area (Å²) in [6, 6.07) is 6.61. The second-order valence-corrected chi connectivity index (χ2v) is 9.45. The molecule has 1 aromatic heterocycles. The van der Waals surface area contributed by atoms with Crippen LogP contribution in [0, 0.1) is 18.8 Å². The van der Waals surface area contributed by atoms with E-state index in [0.29, 0.717) is 17.9 Å². The lowest BCUT2D eigenvalue weighted by molar-refractivity contribution is 0.189. The minimum absolute atomic E-state index is 0.438. The summed E-state index contributed by atoms with van der Waals surface area (Å²) < 4.78 is 2.25. The van der Waals surface area contributed by atoms with E-state index in [-0.39, 0.29) is 0 Å². The first-order valence-corrected chi connectivity index (χ1v) is 11.9. The van der Waals surface area contributed by atoms with Crippen molar-refractivity contribution in [1.82, 2.24) is 19.8 Å². The van der Waals surface area contributed by atoms with Crippen LogP contribution in [0.25, 0.3) is 0 Å². The number of benzene rings is 1. The molecule has 2 fully saturated rings. The molecular formula is C24H35ClN6. The Morgan fingerprint density at radius 1 is 1.26 bits per heavy atom. The molecule has 168 valence electrons. The summed E-state index contributed by atoms with van der Waals surface area (Å²) in [6.07, 6.45) is 8.24. The van der Waals surface area contributed by atoms with Gasteiger partial charge in [0.25, 0.3) is 0 Å². The number of nitrogens with zero attached hydrogens (tertiary/aromatic N) is 5. The molecule has 1 N–H and O–H groups in total. The van der Waals surface area contributed by atoms with E-state index in [4.69, 9.17) is 16.6 Å². The zero-order valence-electron chi connectivity index (χ0n) is 19.0. The summed E-state index contributed by atoms with van der Waals surface area (Å²) in [7, 11) is 0. The van der Waals surface area contributed by atoms with Crippen LogP contribution in [-0.2, 0) is 0 Å². The van der Waals surface area contributed by atoms with Crippen molar-refractivity contribution in [2.24, 2.45) is 16.8 Å². The molecule has 2 aliphatic heterocycles. The van der Waals surface area contributed by atoms with Crippen LogP contribution >= 0.6 is 11.6 Å². The van der Waals surface area contributed by atoms with Gasteiger partial charge in [0.2, 0.25) is 0 Å². The number of hydrogen-bond donors (Lipinski definition) is 1. The minimum atomic E-state index is 0.438. The zero-order chi connectivity index (χ0) is 21.8. The Hall–Kier alpha value is -2.21. The van der Waals surface area contributed by atoms with Gasteiger partial charge in [0, 0.05) is 62.4 Å². The molecule has 0 saturated carbocycles. The van der Waals surface area contributed by atoms with Gasteiger partial charge >= 0.3 is 0 Å². The number of hydrogen-bond acceptors (Lipinski definition) is 3. The average molecular weight is 443 g/mol. The highest BCUT2D eigenvalue weighted by molar-refractivity contribution is 6.30. The van der Waals surface area contributed by atoms with Crippen LogP contribution in [0.15, 0.2) is 41.9 Å². The first-order chi connectivity index (χ1) is 15.0. The molecule has 2 aromatic rings. The Kier molecular flexibility index (Phi) is 7.06. The van der Waals surface area contributed by atoms with E-state index in [9.17, 15) is 0 Å². The third-order valence-corrected chi connectivity index (χ3v) is 6.99. The van der Waals surface area contributed by atoms with Crippen LogP contribution in [0.3, 0.4) is 0 Å². The Balaban J connectivity index is 1.41. The lowest BCUT2D eigenvalue weighted by atomic mass is 9.93. The first kappa shape index (κ1) is 22.0. The highest BCUT2D eigenvalue weighted by atomic mass is 35.5. The Labute approximate surface area is 191 Å². The molecule has 2 saturated heterocycles.